The van der Waals surface area contributed by atoms with Crippen LogP contribution >= 0.6 is 12.6 Å². The van der Waals surface area contributed by atoms with Crippen molar-refractivity contribution in [3.63, 3.8) is 0 Å². The lowest BCUT2D eigenvalue weighted by Gasteiger charge is -2.32. The Bertz CT molecular complexity index is 209. The number of thiol groups is 1. The van der Waals surface area contributed by atoms with Crippen LogP contribution in [0.15, 0.2) is 0 Å². The number of unbranched alkanes of at least 4 members (excludes halogenated alkanes) is 3. The van der Waals surface area contributed by atoms with Gasteiger partial charge in [0.2, 0.25) is 0 Å². The standard InChI is InChI=1S/C17H34OS/c1-3-4-5-8-11-16(2)18-14-17(15-19)12-9-6-7-10-13-17/h16,19H,3-15H2,1-2H3. The van der Waals surface area contributed by atoms with Gasteiger partial charge in [0.1, 0.15) is 0 Å². The van der Waals surface area contributed by atoms with Gasteiger partial charge in [-0.25, -0.2) is 0 Å². The third kappa shape index (κ3) is 7.04. The van der Waals surface area contributed by atoms with Crippen LogP contribution in [0.2, 0.25) is 0 Å². The molecule has 0 heterocycles. The molecule has 1 unspecified atom stereocenters. The van der Waals surface area contributed by atoms with Gasteiger partial charge in [-0.3, -0.25) is 0 Å². The van der Waals surface area contributed by atoms with Crippen molar-refractivity contribution in [1.29, 1.82) is 0 Å². The molecule has 1 rings (SSSR count). The van der Waals surface area contributed by atoms with Crippen molar-refractivity contribution >= 4 is 12.6 Å². The summed E-state index contributed by atoms with van der Waals surface area (Å²) < 4.78 is 6.16. The van der Waals surface area contributed by atoms with Gasteiger partial charge in [0.25, 0.3) is 0 Å². The van der Waals surface area contributed by atoms with Crippen molar-refractivity contribution < 1.29 is 4.74 Å². The van der Waals surface area contributed by atoms with E-state index in [4.69, 9.17) is 4.74 Å². The third-order valence-corrected chi connectivity index (χ3v) is 5.31. The monoisotopic (exact) mass is 286 g/mol. The molecule has 0 saturated heterocycles. The van der Waals surface area contributed by atoms with Crippen molar-refractivity contribution in [2.24, 2.45) is 5.41 Å². The molecule has 0 N–H and O–H groups in total. The molecule has 19 heavy (non-hydrogen) atoms. The van der Waals surface area contributed by atoms with Crippen LogP contribution in [0, 0.1) is 5.41 Å². The summed E-state index contributed by atoms with van der Waals surface area (Å²) in [4.78, 5) is 0. The van der Waals surface area contributed by atoms with E-state index in [0.717, 1.165) is 12.4 Å². The van der Waals surface area contributed by atoms with E-state index in [9.17, 15) is 0 Å². The largest absolute Gasteiger partial charge is 0.378 e. The fourth-order valence-corrected chi connectivity index (χ4v) is 3.50. The molecule has 1 atom stereocenters. The van der Waals surface area contributed by atoms with Gasteiger partial charge in [0, 0.05) is 5.41 Å². The highest BCUT2D eigenvalue weighted by atomic mass is 32.1. The highest BCUT2D eigenvalue weighted by molar-refractivity contribution is 7.80. The minimum absolute atomic E-state index is 0.372. The second kappa shape index (κ2) is 10.1. The molecule has 2 heteroatoms. The summed E-state index contributed by atoms with van der Waals surface area (Å²) >= 11 is 4.62. The molecule has 0 aromatic carbocycles. The molecular weight excluding hydrogens is 252 g/mol. The normalized spacial score (nSPS) is 21.0. The number of rotatable bonds is 9. The molecule has 1 saturated carbocycles. The van der Waals surface area contributed by atoms with E-state index >= 15 is 0 Å². The molecule has 0 amide bonds. The van der Waals surface area contributed by atoms with E-state index in [-0.39, 0.29) is 0 Å². The van der Waals surface area contributed by atoms with Crippen molar-refractivity contribution in [3.05, 3.63) is 0 Å². The Hall–Kier alpha value is 0.310. The molecule has 0 spiro atoms. The van der Waals surface area contributed by atoms with Crippen molar-refractivity contribution in [1.82, 2.24) is 0 Å². The summed E-state index contributed by atoms with van der Waals surface area (Å²) in [6, 6.07) is 0. The quantitative estimate of drug-likeness (QED) is 0.328. The van der Waals surface area contributed by atoms with Gasteiger partial charge in [-0.1, -0.05) is 58.3 Å². The van der Waals surface area contributed by atoms with Crippen LogP contribution in [0.5, 0.6) is 0 Å². The van der Waals surface area contributed by atoms with E-state index in [0.29, 0.717) is 11.5 Å². The minimum Gasteiger partial charge on any atom is -0.378 e. The molecular formula is C17H34OS. The van der Waals surface area contributed by atoms with Crippen LogP contribution in [-0.2, 0) is 4.74 Å². The van der Waals surface area contributed by atoms with Crippen LogP contribution in [0.4, 0.5) is 0 Å². The molecule has 0 aromatic heterocycles. The Morgan fingerprint density at radius 3 is 2.32 bits per heavy atom. The third-order valence-electron chi connectivity index (χ3n) is 4.64. The Morgan fingerprint density at radius 1 is 1.05 bits per heavy atom. The van der Waals surface area contributed by atoms with Crippen molar-refractivity contribution in [2.75, 3.05) is 12.4 Å². The molecule has 1 nitrogen and oxygen atoms in total. The lowest BCUT2D eigenvalue weighted by molar-refractivity contribution is -0.00308. The van der Waals surface area contributed by atoms with Gasteiger partial charge in [-0.15, -0.1) is 0 Å². The summed E-state index contributed by atoms with van der Waals surface area (Å²) in [6.07, 6.45) is 15.2. The topological polar surface area (TPSA) is 9.23 Å². The Balaban J connectivity index is 2.23. The molecule has 0 aliphatic heterocycles. The number of ether oxygens (including phenoxy) is 1. The summed E-state index contributed by atoms with van der Waals surface area (Å²) in [7, 11) is 0. The number of hydrogen-bond donors (Lipinski definition) is 1. The highest BCUT2D eigenvalue weighted by Crippen LogP contribution is 2.36. The molecule has 1 aliphatic rings. The van der Waals surface area contributed by atoms with E-state index in [1.165, 1.54) is 70.6 Å². The second-order valence-corrected chi connectivity index (χ2v) is 6.86. The van der Waals surface area contributed by atoms with Gasteiger partial charge < -0.3 is 4.74 Å². The molecule has 114 valence electrons. The van der Waals surface area contributed by atoms with Crippen molar-refractivity contribution in [2.45, 2.75) is 90.6 Å². The average Bonchev–Trinajstić information content (AvgIpc) is 2.67. The summed E-state index contributed by atoms with van der Waals surface area (Å²) in [5.41, 5.74) is 0.372. The molecule has 1 fully saturated rings. The minimum atomic E-state index is 0.372. The lowest BCUT2D eigenvalue weighted by atomic mass is 9.83. The molecule has 0 bridgehead atoms. The zero-order valence-corrected chi connectivity index (χ0v) is 14.0. The van der Waals surface area contributed by atoms with Gasteiger partial charge in [-0.05, 0) is 31.9 Å². The Labute approximate surface area is 126 Å². The first-order chi connectivity index (χ1) is 9.22. The van der Waals surface area contributed by atoms with Gasteiger partial charge in [0.05, 0.1) is 12.7 Å². The van der Waals surface area contributed by atoms with Crippen molar-refractivity contribution in [3.8, 4) is 0 Å². The molecule has 1 aliphatic carbocycles. The maximum Gasteiger partial charge on any atom is 0.0547 e. The first-order valence-electron chi connectivity index (χ1n) is 8.45. The van der Waals surface area contributed by atoms with Gasteiger partial charge >= 0.3 is 0 Å². The summed E-state index contributed by atoms with van der Waals surface area (Å²) in [6.45, 7) is 5.45. The van der Waals surface area contributed by atoms with Gasteiger partial charge in [-0.2, -0.15) is 12.6 Å². The van der Waals surface area contributed by atoms with Crippen LogP contribution in [0.25, 0.3) is 0 Å². The zero-order valence-electron chi connectivity index (χ0n) is 13.1. The van der Waals surface area contributed by atoms with Crippen LogP contribution in [-0.4, -0.2) is 18.5 Å². The average molecular weight is 287 g/mol. The maximum atomic E-state index is 6.16. The van der Waals surface area contributed by atoms with E-state index in [1.54, 1.807) is 0 Å². The highest BCUT2D eigenvalue weighted by Gasteiger charge is 2.30. The molecule has 0 radical (unpaired) electrons. The second-order valence-electron chi connectivity index (χ2n) is 6.54. The SMILES string of the molecule is CCCCCCC(C)OCC1(CS)CCCCCC1. The van der Waals surface area contributed by atoms with E-state index in [2.05, 4.69) is 26.5 Å². The van der Waals surface area contributed by atoms with E-state index < -0.39 is 0 Å². The Kier molecular flexibility index (Phi) is 9.23. The predicted molar refractivity (Wildman–Crippen MR) is 88.2 cm³/mol. The maximum absolute atomic E-state index is 6.16. The fourth-order valence-electron chi connectivity index (χ4n) is 3.09. The molecule has 0 aromatic rings. The van der Waals surface area contributed by atoms with Gasteiger partial charge in [0.15, 0.2) is 0 Å². The lowest BCUT2D eigenvalue weighted by Crippen LogP contribution is -2.30. The first-order valence-corrected chi connectivity index (χ1v) is 9.08. The summed E-state index contributed by atoms with van der Waals surface area (Å²) in [5.74, 6) is 0.996. The zero-order chi connectivity index (χ0) is 14.0. The summed E-state index contributed by atoms with van der Waals surface area (Å²) in [5, 5.41) is 0. The van der Waals surface area contributed by atoms with Crippen LogP contribution < -0.4 is 0 Å². The van der Waals surface area contributed by atoms with Crippen LogP contribution in [0.3, 0.4) is 0 Å². The fraction of sp³-hybridized carbons (Fsp3) is 1.00. The Morgan fingerprint density at radius 2 is 1.74 bits per heavy atom. The van der Waals surface area contributed by atoms with Crippen LogP contribution in [0.1, 0.15) is 84.5 Å². The van der Waals surface area contributed by atoms with E-state index in [1.807, 2.05) is 0 Å². The smallest absolute Gasteiger partial charge is 0.0547 e. The number of hydrogen-bond acceptors (Lipinski definition) is 2. The predicted octanol–water partition coefficient (Wildman–Crippen LogP) is 5.63. The first kappa shape index (κ1) is 17.4.